The van der Waals surface area contributed by atoms with E-state index in [2.05, 4.69) is 20.3 Å². The highest BCUT2D eigenvalue weighted by Crippen LogP contribution is 2.28. The third kappa shape index (κ3) is 4.17. The predicted molar refractivity (Wildman–Crippen MR) is 128 cm³/mol. The van der Waals surface area contributed by atoms with Crippen molar-refractivity contribution in [3.05, 3.63) is 69.5 Å². The third-order valence-corrected chi connectivity index (χ3v) is 8.12. The number of halogens is 1. The van der Waals surface area contributed by atoms with E-state index >= 15 is 0 Å². The number of hydrogen-bond acceptors (Lipinski definition) is 9. The average molecular weight is 515 g/mol. The first-order valence-electron chi connectivity index (χ1n) is 10.6. The fraction of sp³-hybridized carbons (Fsp3) is 0.238. The summed E-state index contributed by atoms with van der Waals surface area (Å²) in [6.45, 7) is 2.69. The Morgan fingerprint density at radius 3 is 2.43 bits per heavy atom. The van der Waals surface area contributed by atoms with Gasteiger partial charge >= 0.3 is 0 Å². The van der Waals surface area contributed by atoms with Crippen LogP contribution in [0.1, 0.15) is 5.56 Å². The number of rotatable bonds is 5. The van der Waals surface area contributed by atoms with E-state index in [1.54, 1.807) is 35.9 Å². The molecule has 0 radical (unpaired) electrons. The highest BCUT2D eigenvalue weighted by atomic mass is 35.5. The number of benzene rings is 2. The van der Waals surface area contributed by atoms with Gasteiger partial charge in [-0.05, 0) is 36.8 Å². The van der Waals surface area contributed by atoms with E-state index < -0.39 is 14.9 Å². The van der Waals surface area contributed by atoms with Gasteiger partial charge in [-0.3, -0.25) is 10.1 Å². The maximum atomic E-state index is 13.2. The van der Waals surface area contributed by atoms with E-state index in [0.29, 0.717) is 40.7 Å². The van der Waals surface area contributed by atoms with E-state index in [-0.39, 0.29) is 23.7 Å². The number of piperazine rings is 1. The number of nitro benzene ring substituents is 1. The Morgan fingerprint density at radius 2 is 1.74 bits per heavy atom. The number of fused-ring (bicyclic) bond motifs is 1. The standard InChI is InChI=1S/C21H19ClN8O4S/c1-14-2-5-17(30(31)32)12-18(14)35(33,34)28-10-8-27(9-11-28)20-19-21(24-13-23-20)29(26-25-19)16-6-3-15(22)4-7-16/h2-7,12-13H,8-11H2,1H3. The van der Waals surface area contributed by atoms with Crippen LogP contribution in [0.3, 0.4) is 0 Å². The maximum Gasteiger partial charge on any atom is 0.270 e. The first kappa shape index (κ1) is 23.1. The Hall–Kier alpha value is -3.68. The summed E-state index contributed by atoms with van der Waals surface area (Å²) in [5, 5.41) is 20.2. The largest absolute Gasteiger partial charge is 0.352 e. The fourth-order valence-corrected chi connectivity index (χ4v) is 5.78. The number of aromatic nitrogens is 5. The molecule has 2 aromatic carbocycles. The van der Waals surface area contributed by atoms with Crippen LogP contribution in [-0.2, 0) is 10.0 Å². The molecule has 0 aliphatic carbocycles. The fourth-order valence-electron chi connectivity index (χ4n) is 3.98. The molecule has 0 unspecified atom stereocenters. The van der Waals surface area contributed by atoms with Crippen molar-refractivity contribution in [1.29, 1.82) is 0 Å². The van der Waals surface area contributed by atoms with Crippen molar-refractivity contribution in [2.45, 2.75) is 11.8 Å². The molecule has 0 N–H and O–H groups in total. The molecule has 0 amide bonds. The maximum absolute atomic E-state index is 13.2. The van der Waals surface area contributed by atoms with Crippen LogP contribution in [0.4, 0.5) is 11.5 Å². The lowest BCUT2D eigenvalue weighted by atomic mass is 10.2. The highest BCUT2D eigenvalue weighted by Gasteiger charge is 2.32. The summed E-state index contributed by atoms with van der Waals surface area (Å²) in [4.78, 5) is 21.1. The minimum Gasteiger partial charge on any atom is -0.352 e. The Morgan fingerprint density at radius 1 is 1.03 bits per heavy atom. The number of nitrogens with zero attached hydrogens (tertiary/aromatic N) is 8. The Labute approximate surface area is 205 Å². The Balaban J connectivity index is 1.39. The first-order valence-corrected chi connectivity index (χ1v) is 12.4. The number of non-ortho nitro benzene ring substituents is 1. The van der Waals surface area contributed by atoms with Crippen LogP contribution >= 0.6 is 11.6 Å². The minimum absolute atomic E-state index is 0.0597. The Bertz CT molecular complexity index is 1530. The summed E-state index contributed by atoms with van der Waals surface area (Å²) in [5.74, 6) is 0.554. The smallest absolute Gasteiger partial charge is 0.270 e. The van der Waals surface area contributed by atoms with E-state index in [1.165, 1.54) is 22.8 Å². The molecule has 5 rings (SSSR count). The zero-order valence-electron chi connectivity index (χ0n) is 18.4. The minimum atomic E-state index is -3.91. The molecule has 0 spiro atoms. The summed E-state index contributed by atoms with van der Waals surface area (Å²) in [5.41, 5.74) is 1.94. The van der Waals surface area contributed by atoms with Gasteiger partial charge in [0.1, 0.15) is 6.33 Å². The molecule has 4 aromatic rings. The molecule has 1 aliphatic rings. The van der Waals surface area contributed by atoms with Gasteiger partial charge in [0, 0.05) is 43.3 Å². The lowest BCUT2D eigenvalue weighted by Crippen LogP contribution is -2.49. The topological polar surface area (TPSA) is 140 Å². The van der Waals surface area contributed by atoms with Crippen molar-refractivity contribution < 1.29 is 13.3 Å². The van der Waals surface area contributed by atoms with Crippen molar-refractivity contribution in [2.75, 3.05) is 31.1 Å². The van der Waals surface area contributed by atoms with E-state index in [0.717, 1.165) is 11.8 Å². The molecule has 180 valence electrons. The first-order chi connectivity index (χ1) is 16.8. The number of sulfonamides is 1. The normalized spacial score (nSPS) is 15.0. The SMILES string of the molecule is Cc1ccc([N+](=O)[O-])cc1S(=O)(=O)N1CCN(c2ncnc3c2nnn3-c2ccc(Cl)cc2)CC1. The second-order valence-corrected chi connectivity index (χ2v) is 10.3. The quantitative estimate of drug-likeness (QED) is 0.290. The third-order valence-electron chi connectivity index (χ3n) is 5.83. The summed E-state index contributed by atoms with van der Waals surface area (Å²) >= 11 is 5.98. The molecule has 0 bridgehead atoms. The number of nitro groups is 1. The van der Waals surface area contributed by atoms with E-state index in [1.807, 2.05) is 4.90 Å². The van der Waals surface area contributed by atoms with Crippen molar-refractivity contribution in [3.63, 3.8) is 0 Å². The van der Waals surface area contributed by atoms with Crippen molar-refractivity contribution in [2.24, 2.45) is 0 Å². The number of aryl methyl sites for hydroxylation is 1. The zero-order chi connectivity index (χ0) is 24.7. The summed E-state index contributed by atoms with van der Waals surface area (Å²) in [6.07, 6.45) is 1.42. The Kier molecular flexibility index (Phi) is 5.83. The molecule has 0 atom stereocenters. The summed E-state index contributed by atoms with van der Waals surface area (Å²) < 4.78 is 29.4. The van der Waals surface area contributed by atoms with Crippen molar-refractivity contribution in [1.82, 2.24) is 29.3 Å². The second-order valence-electron chi connectivity index (χ2n) is 7.95. The number of hydrogen-bond donors (Lipinski definition) is 0. The van der Waals surface area contributed by atoms with Crippen LogP contribution < -0.4 is 4.90 Å². The van der Waals surface area contributed by atoms with Gasteiger partial charge in [-0.15, -0.1) is 5.10 Å². The van der Waals surface area contributed by atoms with Gasteiger partial charge in [0.15, 0.2) is 17.0 Å². The molecule has 1 saturated heterocycles. The molecule has 0 saturated carbocycles. The van der Waals surface area contributed by atoms with Gasteiger partial charge < -0.3 is 4.90 Å². The van der Waals surface area contributed by atoms with Gasteiger partial charge in [-0.2, -0.15) is 8.99 Å². The van der Waals surface area contributed by atoms with Crippen LogP contribution in [0.2, 0.25) is 5.02 Å². The van der Waals surface area contributed by atoms with Crippen LogP contribution in [0.5, 0.6) is 0 Å². The van der Waals surface area contributed by atoms with Gasteiger partial charge in [-0.1, -0.05) is 22.9 Å². The molecular formula is C21H19ClN8O4S. The molecule has 1 fully saturated rings. The molecular weight excluding hydrogens is 496 g/mol. The summed E-state index contributed by atoms with van der Waals surface area (Å²) in [7, 11) is -3.91. The molecule has 14 heteroatoms. The molecule has 2 aromatic heterocycles. The van der Waals surface area contributed by atoms with Crippen molar-refractivity contribution >= 4 is 44.3 Å². The van der Waals surface area contributed by atoms with E-state index in [9.17, 15) is 18.5 Å². The van der Waals surface area contributed by atoms with Crippen LogP contribution in [0, 0.1) is 17.0 Å². The van der Waals surface area contributed by atoms with Crippen LogP contribution in [0.15, 0.2) is 53.7 Å². The van der Waals surface area contributed by atoms with E-state index in [4.69, 9.17) is 11.6 Å². The van der Waals surface area contributed by atoms with Gasteiger partial charge in [-0.25, -0.2) is 18.4 Å². The van der Waals surface area contributed by atoms with Gasteiger partial charge in [0.2, 0.25) is 10.0 Å². The predicted octanol–water partition coefficient (Wildman–Crippen LogP) is 2.59. The molecule has 12 nitrogen and oxygen atoms in total. The second kappa shape index (κ2) is 8.83. The lowest BCUT2D eigenvalue weighted by molar-refractivity contribution is -0.385. The molecule has 3 heterocycles. The lowest BCUT2D eigenvalue weighted by Gasteiger charge is -2.34. The van der Waals surface area contributed by atoms with Gasteiger partial charge in [0.25, 0.3) is 5.69 Å². The van der Waals surface area contributed by atoms with Gasteiger partial charge in [0.05, 0.1) is 15.5 Å². The average Bonchev–Trinajstić information content (AvgIpc) is 3.29. The summed E-state index contributed by atoms with van der Waals surface area (Å²) in [6, 6.07) is 11.0. The van der Waals surface area contributed by atoms with Crippen molar-refractivity contribution in [3.8, 4) is 5.69 Å². The number of anilines is 1. The zero-order valence-corrected chi connectivity index (χ0v) is 20.0. The van der Waals surface area contributed by atoms with Crippen LogP contribution in [-0.4, -0.2) is 68.8 Å². The van der Waals surface area contributed by atoms with Crippen LogP contribution in [0.25, 0.3) is 16.9 Å². The molecule has 35 heavy (non-hydrogen) atoms. The molecule has 1 aliphatic heterocycles. The highest BCUT2D eigenvalue weighted by molar-refractivity contribution is 7.89. The monoisotopic (exact) mass is 514 g/mol.